The molecule has 0 aromatic heterocycles. The lowest BCUT2D eigenvalue weighted by Crippen LogP contribution is -2.57. The van der Waals surface area contributed by atoms with E-state index >= 15 is 0 Å². The van der Waals surface area contributed by atoms with Gasteiger partial charge in [0, 0.05) is 38.8 Å². The number of ether oxygens (including phenoxy) is 1. The Bertz CT molecular complexity index is 382. The highest BCUT2D eigenvalue weighted by Gasteiger charge is 2.31. The summed E-state index contributed by atoms with van der Waals surface area (Å²) in [5.74, 6) is -0.945. The van der Waals surface area contributed by atoms with Crippen LogP contribution in [0, 0.1) is 0 Å². The van der Waals surface area contributed by atoms with E-state index in [4.69, 9.17) is 9.84 Å². The summed E-state index contributed by atoms with van der Waals surface area (Å²) in [5.41, 5.74) is 0. The van der Waals surface area contributed by atoms with E-state index in [0.717, 1.165) is 19.6 Å². The molecular weight excluding hydrogens is 274 g/mol. The summed E-state index contributed by atoms with van der Waals surface area (Å²) in [7, 11) is 2.07. The van der Waals surface area contributed by atoms with Crippen LogP contribution in [0.2, 0.25) is 0 Å². The fourth-order valence-electron chi connectivity index (χ4n) is 3.01. The highest BCUT2D eigenvalue weighted by Crippen LogP contribution is 2.17. The van der Waals surface area contributed by atoms with E-state index in [-0.39, 0.29) is 24.8 Å². The summed E-state index contributed by atoms with van der Waals surface area (Å²) >= 11 is 0. The van der Waals surface area contributed by atoms with Gasteiger partial charge in [0.1, 0.15) is 6.61 Å². The summed E-state index contributed by atoms with van der Waals surface area (Å²) in [4.78, 5) is 29.1. The van der Waals surface area contributed by atoms with Crippen LogP contribution in [0.15, 0.2) is 0 Å². The molecule has 0 bridgehead atoms. The van der Waals surface area contributed by atoms with Crippen molar-refractivity contribution in [1.29, 1.82) is 0 Å². The molecule has 2 aliphatic rings. The maximum absolute atomic E-state index is 12.5. The largest absolute Gasteiger partial charge is 0.480 e. The summed E-state index contributed by atoms with van der Waals surface area (Å²) in [6.07, 6.45) is 1.37. The van der Waals surface area contributed by atoms with E-state index in [1.165, 1.54) is 0 Å². The lowest BCUT2D eigenvalue weighted by atomic mass is 10.1. The number of nitrogens with zero attached hydrogens (tertiary/aromatic N) is 3. The van der Waals surface area contributed by atoms with Gasteiger partial charge in [-0.2, -0.15) is 0 Å². The lowest BCUT2D eigenvalue weighted by molar-refractivity contribution is -0.145. The fourth-order valence-corrected chi connectivity index (χ4v) is 3.01. The molecule has 2 amide bonds. The number of likely N-dealkylation sites (N-methyl/N-ethyl adjacent to an activating group) is 1. The van der Waals surface area contributed by atoms with E-state index in [1.807, 2.05) is 9.80 Å². The molecule has 2 saturated heterocycles. The summed E-state index contributed by atoms with van der Waals surface area (Å²) in [5, 5.41) is 8.60. The zero-order valence-electron chi connectivity index (χ0n) is 12.8. The van der Waals surface area contributed by atoms with Crippen LogP contribution in [0.1, 0.15) is 19.8 Å². The smallest absolute Gasteiger partial charge is 0.329 e. The van der Waals surface area contributed by atoms with Gasteiger partial charge in [0.15, 0.2) is 0 Å². The van der Waals surface area contributed by atoms with Gasteiger partial charge in [-0.1, -0.05) is 0 Å². The average molecular weight is 299 g/mol. The molecular formula is C14H25N3O4. The second-order valence-corrected chi connectivity index (χ2v) is 5.98. The van der Waals surface area contributed by atoms with E-state index in [9.17, 15) is 9.59 Å². The van der Waals surface area contributed by atoms with Crippen molar-refractivity contribution in [3.63, 3.8) is 0 Å². The van der Waals surface area contributed by atoms with Gasteiger partial charge in [-0.25, -0.2) is 9.59 Å². The second kappa shape index (κ2) is 7.09. The molecule has 21 heavy (non-hydrogen) atoms. The topological polar surface area (TPSA) is 73.3 Å². The molecule has 2 fully saturated rings. The molecule has 0 radical (unpaired) electrons. The zero-order valence-corrected chi connectivity index (χ0v) is 12.8. The van der Waals surface area contributed by atoms with Gasteiger partial charge in [0.25, 0.3) is 0 Å². The van der Waals surface area contributed by atoms with Gasteiger partial charge in [0.05, 0.1) is 6.10 Å². The van der Waals surface area contributed by atoms with Gasteiger partial charge in [-0.05, 0) is 26.8 Å². The number of piperazine rings is 1. The molecule has 1 atom stereocenters. The molecule has 0 spiro atoms. The Morgan fingerprint density at radius 1 is 1.19 bits per heavy atom. The SMILES string of the molecule is CC1CN(C)CCN1C(=O)N1CCC(OCC(=O)O)CC1. The third kappa shape index (κ3) is 4.31. The van der Waals surface area contributed by atoms with Crippen LogP contribution in [0.3, 0.4) is 0 Å². The predicted molar refractivity (Wildman–Crippen MR) is 77.2 cm³/mol. The Morgan fingerprint density at radius 2 is 1.86 bits per heavy atom. The monoisotopic (exact) mass is 299 g/mol. The van der Waals surface area contributed by atoms with Crippen LogP contribution in [0.5, 0.6) is 0 Å². The molecule has 2 heterocycles. The second-order valence-electron chi connectivity index (χ2n) is 5.98. The molecule has 0 aromatic carbocycles. The molecule has 1 N–H and O–H groups in total. The number of urea groups is 1. The molecule has 0 aromatic rings. The standard InChI is InChI=1S/C14H25N3O4/c1-11-9-15(2)7-8-17(11)14(20)16-5-3-12(4-6-16)21-10-13(18)19/h11-12H,3-10H2,1-2H3,(H,18,19). The minimum absolute atomic E-state index is 0.0462. The van der Waals surface area contributed by atoms with Crippen LogP contribution in [-0.2, 0) is 9.53 Å². The zero-order chi connectivity index (χ0) is 15.4. The molecule has 0 saturated carbocycles. The van der Waals surface area contributed by atoms with Crippen molar-refractivity contribution in [2.24, 2.45) is 0 Å². The molecule has 2 aliphatic heterocycles. The number of carbonyl (C=O) groups is 2. The van der Waals surface area contributed by atoms with Crippen LogP contribution in [0.4, 0.5) is 4.79 Å². The first kappa shape index (κ1) is 16.0. The van der Waals surface area contributed by atoms with Gasteiger partial charge in [0.2, 0.25) is 0 Å². The highest BCUT2D eigenvalue weighted by atomic mass is 16.5. The Morgan fingerprint density at radius 3 is 2.43 bits per heavy atom. The van der Waals surface area contributed by atoms with Crippen molar-refractivity contribution in [2.75, 3.05) is 46.4 Å². The van der Waals surface area contributed by atoms with E-state index in [0.29, 0.717) is 25.9 Å². The van der Waals surface area contributed by atoms with Gasteiger partial charge < -0.3 is 24.5 Å². The minimum Gasteiger partial charge on any atom is -0.480 e. The highest BCUT2D eigenvalue weighted by molar-refractivity contribution is 5.75. The molecule has 7 nitrogen and oxygen atoms in total. The minimum atomic E-state index is -0.945. The number of carboxylic acid groups (broad SMARTS) is 1. The lowest BCUT2D eigenvalue weighted by Gasteiger charge is -2.42. The van der Waals surface area contributed by atoms with Crippen molar-refractivity contribution in [3.05, 3.63) is 0 Å². The first-order valence-electron chi connectivity index (χ1n) is 7.55. The van der Waals surface area contributed by atoms with Crippen molar-refractivity contribution >= 4 is 12.0 Å². The molecule has 0 aliphatic carbocycles. The number of rotatable bonds is 3. The molecule has 2 rings (SSSR count). The number of hydrogen-bond donors (Lipinski definition) is 1. The number of carbonyl (C=O) groups excluding carboxylic acids is 1. The Kier molecular flexibility index (Phi) is 5.41. The number of aliphatic carboxylic acids is 1. The first-order chi connectivity index (χ1) is 9.97. The van der Waals surface area contributed by atoms with E-state index in [2.05, 4.69) is 18.9 Å². The van der Waals surface area contributed by atoms with Crippen molar-refractivity contribution in [2.45, 2.75) is 31.9 Å². The summed E-state index contributed by atoms with van der Waals surface area (Å²) in [6, 6.07) is 0.338. The van der Waals surface area contributed by atoms with Crippen molar-refractivity contribution < 1.29 is 19.4 Å². The van der Waals surface area contributed by atoms with Crippen molar-refractivity contribution in [1.82, 2.24) is 14.7 Å². The molecule has 120 valence electrons. The number of likely N-dealkylation sites (tertiary alicyclic amines) is 1. The van der Waals surface area contributed by atoms with E-state index in [1.54, 1.807) is 0 Å². The first-order valence-corrected chi connectivity index (χ1v) is 7.55. The van der Waals surface area contributed by atoms with Crippen LogP contribution in [0.25, 0.3) is 0 Å². The predicted octanol–water partition coefficient (Wildman–Crippen LogP) is 0.308. The fraction of sp³-hybridized carbons (Fsp3) is 0.857. The van der Waals surface area contributed by atoms with Crippen LogP contribution in [-0.4, -0.2) is 90.3 Å². The maximum atomic E-state index is 12.5. The average Bonchev–Trinajstić information content (AvgIpc) is 2.45. The Labute approximate surface area is 125 Å². The van der Waals surface area contributed by atoms with E-state index < -0.39 is 5.97 Å². The normalized spacial score (nSPS) is 25.1. The van der Waals surface area contributed by atoms with Crippen molar-refractivity contribution in [3.8, 4) is 0 Å². The Hall–Kier alpha value is -1.34. The number of carboxylic acids is 1. The third-order valence-corrected chi connectivity index (χ3v) is 4.23. The van der Waals surface area contributed by atoms with Gasteiger partial charge in [-0.3, -0.25) is 0 Å². The number of hydrogen-bond acceptors (Lipinski definition) is 4. The molecule has 1 unspecified atom stereocenters. The molecule has 7 heteroatoms. The Balaban J connectivity index is 1.79. The van der Waals surface area contributed by atoms with Crippen LogP contribution >= 0.6 is 0 Å². The number of amides is 2. The summed E-state index contributed by atoms with van der Waals surface area (Å²) in [6.45, 7) is 5.69. The van der Waals surface area contributed by atoms with Gasteiger partial charge in [-0.15, -0.1) is 0 Å². The van der Waals surface area contributed by atoms with Crippen LogP contribution < -0.4 is 0 Å². The quantitative estimate of drug-likeness (QED) is 0.812. The maximum Gasteiger partial charge on any atom is 0.329 e. The summed E-state index contributed by atoms with van der Waals surface area (Å²) < 4.78 is 5.30. The number of piperidine rings is 1. The van der Waals surface area contributed by atoms with Gasteiger partial charge >= 0.3 is 12.0 Å². The third-order valence-electron chi connectivity index (χ3n) is 4.23.